The van der Waals surface area contributed by atoms with Crippen LogP contribution in [0.5, 0.6) is 0 Å². The summed E-state index contributed by atoms with van der Waals surface area (Å²) in [5, 5.41) is 19.6. The van der Waals surface area contributed by atoms with Gasteiger partial charge in [-0.1, -0.05) is 35.5 Å². The highest BCUT2D eigenvalue weighted by atomic mass is 35.5. The predicted molar refractivity (Wildman–Crippen MR) is 80.0 cm³/mol. The molecule has 108 valence electrons. The Balaban J connectivity index is 2.16. The van der Waals surface area contributed by atoms with Crippen LogP contribution in [0.15, 0.2) is 52.3 Å². The van der Waals surface area contributed by atoms with Gasteiger partial charge in [-0.2, -0.15) is 0 Å². The van der Waals surface area contributed by atoms with Crippen molar-refractivity contribution in [3.8, 4) is 0 Å². The van der Waals surface area contributed by atoms with Crippen LogP contribution in [-0.2, 0) is 11.2 Å². The Bertz CT molecular complexity index is 688. The summed E-state index contributed by atoms with van der Waals surface area (Å²) in [5.74, 6) is -0.885. The summed E-state index contributed by atoms with van der Waals surface area (Å²) in [7, 11) is 0. The molecule has 2 rings (SSSR count). The summed E-state index contributed by atoms with van der Waals surface area (Å²) in [4.78, 5) is 22.5. The van der Waals surface area contributed by atoms with Gasteiger partial charge in [0.2, 0.25) is 0 Å². The van der Waals surface area contributed by atoms with Crippen LogP contribution in [0.2, 0.25) is 5.02 Å². The van der Waals surface area contributed by atoms with Gasteiger partial charge in [-0.05, 0) is 29.8 Å². The van der Waals surface area contributed by atoms with Crippen molar-refractivity contribution in [3.05, 3.63) is 63.2 Å². The highest BCUT2D eigenvalue weighted by molar-refractivity contribution is 7.99. The van der Waals surface area contributed by atoms with Crippen molar-refractivity contribution >= 4 is 35.0 Å². The molecule has 21 heavy (non-hydrogen) atoms. The highest BCUT2D eigenvalue weighted by Gasteiger charge is 2.13. The third-order valence-electron chi connectivity index (χ3n) is 2.63. The summed E-state index contributed by atoms with van der Waals surface area (Å²) in [6, 6.07) is 11.6. The molecule has 0 atom stereocenters. The largest absolute Gasteiger partial charge is 0.481 e. The zero-order valence-corrected chi connectivity index (χ0v) is 12.2. The summed E-state index contributed by atoms with van der Waals surface area (Å²) in [5.41, 5.74) is 0.568. The molecule has 7 heteroatoms. The number of rotatable bonds is 5. The minimum Gasteiger partial charge on any atom is -0.481 e. The smallest absolute Gasteiger partial charge is 0.307 e. The number of nitrogens with zero attached hydrogens (tertiary/aromatic N) is 1. The molecule has 0 unspecified atom stereocenters. The molecule has 2 aromatic rings. The van der Waals surface area contributed by atoms with Crippen LogP contribution in [0.1, 0.15) is 5.56 Å². The van der Waals surface area contributed by atoms with Crippen molar-refractivity contribution in [1.82, 2.24) is 0 Å². The number of carboxylic acids is 1. The lowest BCUT2D eigenvalue weighted by molar-refractivity contribution is -0.384. The van der Waals surface area contributed by atoms with E-state index in [1.54, 1.807) is 30.3 Å². The minimum absolute atomic E-state index is 0.0304. The SMILES string of the molecule is O=C(O)Cc1ccc(Sc2ccc(Cl)c([N+](=O)[O-])c2)cc1. The summed E-state index contributed by atoms with van der Waals surface area (Å²) in [6.45, 7) is 0. The second-order valence-electron chi connectivity index (χ2n) is 4.19. The van der Waals surface area contributed by atoms with Gasteiger partial charge in [0.25, 0.3) is 5.69 Å². The Labute approximate surface area is 129 Å². The van der Waals surface area contributed by atoms with E-state index in [4.69, 9.17) is 16.7 Å². The van der Waals surface area contributed by atoms with E-state index in [1.807, 2.05) is 0 Å². The molecule has 0 saturated heterocycles. The number of carbonyl (C=O) groups is 1. The van der Waals surface area contributed by atoms with Gasteiger partial charge < -0.3 is 5.11 Å². The quantitative estimate of drug-likeness (QED) is 0.663. The van der Waals surface area contributed by atoms with E-state index in [0.717, 1.165) is 4.90 Å². The molecule has 2 aromatic carbocycles. The molecule has 0 bridgehead atoms. The van der Waals surface area contributed by atoms with Crippen LogP contribution >= 0.6 is 23.4 Å². The first kappa shape index (κ1) is 15.3. The van der Waals surface area contributed by atoms with E-state index in [-0.39, 0.29) is 17.1 Å². The zero-order valence-electron chi connectivity index (χ0n) is 10.7. The Hall–Kier alpha value is -2.05. The molecular weight excluding hydrogens is 314 g/mol. The Morgan fingerprint density at radius 2 is 1.81 bits per heavy atom. The predicted octanol–water partition coefficient (Wildman–Crippen LogP) is 4.03. The van der Waals surface area contributed by atoms with Gasteiger partial charge in [-0.15, -0.1) is 0 Å². The Morgan fingerprint density at radius 3 is 2.38 bits per heavy atom. The maximum Gasteiger partial charge on any atom is 0.307 e. The van der Waals surface area contributed by atoms with Gasteiger partial charge in [0.1, 0.15) is 5.02 Å². The molecule has 0 heterocycles. The van der Waals surface area contributed by atoms with E-state index >= 15 is 0 Å². The normalized spacial score (nSPS) is 10.3. The van der Waals surface area contributed by atoms with Crippen LogP contribution in [0.3, 0.4) is 0 Å². The van der Waals surface area contributed by atoms with Gasteiger partial charge in [-0.3, -0.25) is 14.9 Å². The molecule has 0 aromatic heterocycles. The van der Waals surface area contributed by atoms with Gasteiger partial charge >= 0.3 is 5.97 Å². The highest BCUT2D eigenvalue weighted by Crippen LogP contribution is 2.33. The van der Waals surface area contributed by atoms with Crippen LogP contribution in [-0.4, -0.2) is 16.0 Å². The molecule has 1 N–H and O–H groups in total. The molecule has 5 nitrogen and oxygen atoms in total. The van der Waals surface area contributed by atoms with Crippen LogP contribution < -0.4 is 0 Å². The van der Waals surface area contributed by atoms with E-state index in [9.17, 15) is 14.9 Å². The van der Waals surface area contributed by atoms with Crippen molar-refractivity contribution in [1.29, 1.82) is 0 Å². The van der Waals surface area contributed by atoms with E-state index < -0.39 is 10.9 Å². The third kappa shape index (κ3) is 4.21. The number of hydrogen-bond acceptors (Lipinski definition) is 4. The zero-order chi connectivity index (χ0) is 15.4. The summed E-state index contributed by atoms with van der Waals surface area (Å²) >= 11 is 7.10. The fourth-order valence-corrected chi connectivity index (χ4v) is 2.72. The number of halogens is 1. The molecule has 0 aliphatic heterocycles. The van der Waals surface area contributed by atoms with Crippen LogP contribution in [0, 0.1) is 10.1 Å². The number of aliphatic carboxylic acids is 1. The maximum atomic E-state index is 10.8. The van der Waals surface area contributed by atoms with E-state index in [2.05, 4.69) is 0 Å². The average molecular weight is 324 g/mol. The first-order valence-electron chi connectivity index (χ1n) is 5.88. The molecular formula is C14H10ClNO4S. The Morgan fingerprint density at radius 1 is 1.19 bits per heavy atom. The van der Waals surface area contributed by atoms with Crippen LogP contribution in [0.25, 0.3) is 0 Å². The van der Waals surface area contributed by atoms with E-state index in [0.29, 0.717) is 10.5 Å². The molecule has 0 saturated carbocycles. The second kappa shape index (κ2) is 6.60. The molecule has 0 radical (unpaired) electrons. The topological polar surface area (TPSA) is 80.4 Å². The molecule has 0 fully saturated rings. The summed E-state index contributed by atoms with van der Waals surface area (Å²) in [6.07, 6.45) is -0.0304. The van der Waals surface area contributed by atoms with Crippen LogP contribution in [0.4, 0.5) is 5.69 Å². The number of nitro benzene ring substituents is 1. The standard InChI is InChI=1S/C14H10ClNO4S/c15-12-6-5-11(8-13(12)16(19)20)21-10-3-1-9(2-4-10)7-14(17)18/h1-6,8H,7H2,(H,17,18). The maximum absolute atomic E-state index is 10.8. The van der Waals surface area contributed by atoms with E-state index in [1.165, 1.54) is 23.9 Å². The molecule has 0 aliphatic carbocycles. The summed E-state index contributed by atoms with van der Waals surface area (Å²) < 4.78 is 0. The number of nitro groups is 1. The molecule has 0 aliphatic rings. The number of carboxylic acid groups (broad SMARTS) is 1. The van der Waals surface area contributed by atoms with Crippen molar-refractivity contribution in [2.24, 2.45) is 0 Å². The first-order chi connectivity index (χ1) is 9.95. The second-order valence-corrected chi connectivity index (χ2v) is 5.74. The fraction of sp³-hybridized carbons (Fsp3) is 0.0714. The lowest BCUT2D eigenvalue weighted by atomic mass is 10.2. The Kier molecular flexibility index (Phi) is 4.82. The van der Waals surface area contributed by atoms with Crippen molar-refractivity contribution in [2.75, 3.05) is 0 Å². The van der Waals surface area contributed by atoms with Gasteiger partial charge in [0.05, 0.1) is 11.3 Å². The van der Waals surface area contributed by atoms with Gasteiger partial charge in [-0.25, -0.2) is 0 Å². The van der Waals surface area contributed by atoms with Crippen molar-refractivity contribution < 1.29 is 14.8 Å². The first-order valence-corrected chi connectivity index (χ1v) is 7.07. The van der Waals surface area contributed by atoms with Gasteiger partial charge in [0, 0.05) is 15.9 Å². The lowest BCUT2D eigenvalue weighted by Crippen LogP contribution is -1.99. The lowest BCUT2D eigenvalue weighted by Gasteiger charge is -2.04. The van der Waals surface area contributed by atoms with Crippen molar-refractivity contribution in [2.45, 2.75) is 16.2 Å². The number of benzene rings is 2. The monoisotopic (exact) mass is 323 g/mol. The minimum atomic E-state index is -0.885. The fourth-order valence-electron chi connectivity index (χ4n) is 1.68. The average Bonchev–Trinajstić information content (AvgIpc) is 2.42. The third-order valence-corrected chi connectivity index (χ3v) is 3.95. The van der Waals surface area contributed by atoms with Gasteiger partial charge in [0.15, 0.2) is 0 Å². The molecule has 0 spiro atoms. The van der Waals surface area contributed by atoms with Crippen molar-refractivity contribution in [3.63, 3.8) is 0 Å². The molecule has 0 amide bonds. The number of hydrogen-bond donors (Lipinski definition) is 1.